The summed E-state index contributed by atoms with van der Waals surface area (Å²) in [5.74, 6) is -0.896. The van der Waals surface area contributed by atoms with Gasteiger partial charge in [-0.1, -0.05) is 12.1 Å². The van der Waals surface area contributed by atoms with Gasteiger partial charge in [-0.25, -0.2) is 0 Å². The summed E-state index contributed by atoms with van der Waals surface area (Å²) < 4.78 is 37.0. The van der Waals surface area contributed by atoms with Crippen LogP contribution in [0.25, 0.3) is 0 Å². The maximum atomic E-state index is 12.3. The minimum Gasteiger partial charge on any atom is -0.394 e. The summed E-state index contributed by atoms with van der Waals surface area (Å²) in [7, 11) is 0. The standard InChI is InChI=1S/C11H12F3N3O4/c12-11(13,14)9(6-18)15-5-10(19)16-7-3-1-2-4-8(7)17(20)21/h1-4,9,15,18H,5-6H2,(H,16,19). The summed E-state index contributed by atoms with van der Waals surface area (Å²) in [5, 5.41) is 23.2. The molecule has 1 rings (SSSR count). The van der Waals surface area contributed by atoms with E-state index in [0.717, 1.165) is 6.07 Å². The molecule has 21 heavy (non-hydrogen) atoms. The van der Waals surface area contributed by atoms with Crippen LogP contribution in [-0.4, -0.2) is 41.3 Å². The van der Waals surface area contributed by atoms with Gasteiger partial charge in [-0.2, -0.15) is 13.2 Å². The van der Waals surface area contributed by atoms with E-state index in [0.29, 0.717) is 0 Å². The Balaban J connectivity index is 2.65. The molecule has 116 valence electrons. The Bertz CT molecular complexity index is 522. The number of anilines is 1. The van der Waals surface area contributed by atoms with Gasteiger partial charge in [0.25, 0.3) is 5.69 Å². The molecule has 0 aliphatic heterocycles. The van der Waals surface area contributed by atoms with Crippen molar-refractivity contribution in [2.75, 3.05) is 18.5 Å². The van der Waals surface area contributed by atoms with Crippen LogP contribution in [0.3, 0.4) is 0 Å². The molecule has 0 saturated carbocycles. The van der Waals surface area contributed by atoms with Gasteiger partial charge in [0, 0.05) is 6.07 Å². The molecular formula is C11H12F3N3O4. The van der Waals surface area contributed by atoms with Crippen molar-refractivity contribution in [3.8, 4) is 0 Å². The van der Waals surface area contributed by atoms with E-state index in [1.54, 1.807) is 0 Å². The van der Waals surface area contributed by atoms with Crippen LogP contribution < -0.4 is 10.6 Å². The zero-order chi connectivity index (χ0) is 16.0. The number of carbonyl (C=O) groups excluding carboxylic acids is 1. The van der Waals surface area contributed by atoms with Crippen LogP contribution in [0.2, 0.25) is 0 Å². The van der Waals surface area contributed by atoms with E-state index < -0.39 is 36.2 Å². The fourth-order valence-electron chi connectivity index (χ4n) is 1.43. The van der Waals surface area contributed by atoms with Crippen LogP contribution in [0, 0.1) is 10.1 Å². The number of amides is 1. The van der Waals surface area contributed by atoms with Gasteiger partial charge in [0.05, 0.1) is 18.1 Å². The number of hydrogen-bond acceptors (Lipinski definition) is 5. The number of rotatable bonds is 6. The second-order valence-electron chi connectivity index (χ2n) is 3.98. The fraction of sp³-hybridized carbons (Fsp3) is 0.364. The number of para-hydroxylation sites is 2. The van der Waals surface area contributed by atoms with Crippen LogP contribution in [0.5, 0.6) is 0 Å². The molecule has 0 aliphatic carbocycles. The molecule has 1 atom stereocenters. The van der Waals surface area contributed by atoms with Crippen molar-refractivity contribution < 1.29 is 28.0 Å². The van der Waals surface area contributed by atoms with Gasteiger partial charge < -0.3 is 10.4 Å². The third-order valence-electron chi connectivity index (χ3n) is 2.46. The van der Waals surface area contributed by atoms with Gasteiger partial charge >= 0.3 is 6.18 Å². The summed E-state index contributed by atoms with van der Waals surface area (Å²) in [6.45, 7) is -1.97. The number of halogens is 3. The summed E-state index contributed by atoms with van der Waals surface area (Å²) in [4.78, 5) is 21.5. The van der Waals surface area contributed by atoms with E-state index in [-0.39, 0.29) is 11.4 Å². The van der Waals surface area contributed by atoms with Crippen LogP contribution >= 0.6 is 0 Å². The predicted molar refractivity (Wildman–Crippen MR) is 66.7 cm³/mol. The van der Waals surface area contributed by atoms with Crippen LogP contribution in [0.1, 0.15) is 0 Å². The van der Waals surface area contributed by atoms with Crippen molar-refractivity contribution in [3.05, 3.63) is 34.4 Å². The molecule has 0 aliphatic rings. The number of nitrogens with one attached hydrogen (secondary N) is 2. The highest BCUT2D eigenvalue weighted by Crippen LogP contribution is 2.23. The van der Waals surface area contributed by atoms with E-state index in [2.05, 4.69) is 5.32 Å². The summed E-state index contributed by atoms with van der Waals surface area (Å²) >= 11 is 0. The van der Waals surface area contributed by atoms with E-state index in [1.807, 2.05) is 5.32 Å². The number of nitro benzene ring substituents is 1. The number of aliphatic hydroxyl groups is 1. The number of benzene rings is 1. The second-order valence-corrected chi connectivity index (χ2v) is 3.98. The molecule has 10 heteroatoms. The Hall–Kier alpha value is -2.20. The second kappa shape index (κ2) is 6.99. The van der Waals surface area contributed by atoms with Gasteiger partial charge in [0.1, 0.15) is 11.7 Å². The topological polar surface area (TPSA) is 104 Å². The SMILES string of the molecule is O=C(CNC(CO)C(F)(F)F)Nc1ccccc1[N+](=O)[O-]. The Morgan fingerprint density at radius 3 is 2.52 bits per heavy atom. The first kappa shape index (κ1) is 16.9. The number of alkyl halides is 3. The van der Waals surface area contributed by atoms with Crippen LogP contribution in [0.4, 0.5) is 24.5 Å². The van der Waals surface area contributed by atoms with Gasteiger partial charge in [-0.05, 0) is 6.07 Å². The molecule has 1 amide bonds. The lowest BCUT2D eigenvalue weighted by atomic mass is 10.2. The molecule has 1 aromatic carbocycles. The average Bonchev–Trinajstić information content (AvgIpc) is 2.38. The molecule has 3 N–H and O–H groups in total. The van der Waals surface area contributed by atoms with Gasteiger partial charge in [-0.3, -0.25) is 20.2 Å². The first-order chi connectivity index (χ1) is 9.75. The highest BCUT2D eigenvalue weighted by molar-refractivity contribution is 5.94. The number of nitro groups is 1. The number of carbonyl (C=O) groups is 1. The molecule has 1 unspecified atom stereocenters. The zero-order valence-corrected chi connectivity index (χ0v) is 10.6. The lowest BCUT2D eigenvalue weighted by Crippen LogP contribution is -2.47. The maximum absolute atomic E-state index is 12.3. The molecule has 0 spiro atoms. The molecule has 0 bridgehead atoms. The lowest BCUT2D eigenvalue weighted by molar-refractivity contribution is -0.383. The third kappa shape index (κ3) is 5.00. The quantitative estimate of drug-likeness (QED) is 0.538. The minimum atomic E-state index is -4.70. The van der Waals surface area contributed by atoms with Crippen molar-refractivity contribution in [3.63, 3.8) is 0 Å². The monoisotopic (exact) mass is 307 g/mol. The molecule has 0 radical (unpaired) electrons. The minimum absolute atomic E-state index is 0.123. The van der Waals surface area contributed by atoms with Crippen molar-refractivity contribution in [1.82, 2.24) is 5.32 Å². The molecule has 0 fully saturated rings. The van der Waals surface area contributed by atoms with E-state index in [9.17, 15) is 28.1 Å². The summed E-state index contributed by atoms with van der Waals surface area (Å²) in [6, 6.07) is 2.98. The maximum Gasteiger partial charge on any atom is 0.406 e. The molecule has 0 saturated heterocycles. The summed E-state index contributed by atoms with van der Waals surface area (Å²) in [6.07, 6.45) is -4.70. The smallest absolute Gasteiger partial charge is 0.394 e. The van der Waals surface area contributed by atoms with Gasteiger partial charge in [0.2, 0.25) is 5.91 Å². The van der Waals surface area contributed by atoms with Crippen LogP contribution in [0.15, 0.2) is 24.3 Å². The normalized spacial score (nSPS) is 12.8. The Morgan fingerprint density at radius 1 is 1.38 bits per heavy atom. The first-order valence-corrected chi connectivity index (χ1v) is 5.70. The van der Waals surface area contributed by atoms with Crippen molar-refractivity contribution in [2.24, 2.45) is 0 Å². The molecule has 7 nitrogen and oxygen atoms in total. The largest absolute Gasteiger partial charge is 0.406 e. The van der Waals surface area contributed by atoms with Crippen molar-refractivity contribution >= 4 is 17.3 Å². The summed E-state index contributed by atoms with van der Waals surface area (Å²) in [5.41, 5.74) is -0.498. The predicted octanol–water partition coefficient (Wildman–Crippen LogP) is 1.05. The van der Waals surface area contributed by atoms with Gasteiger partial charge in [0.15, 0.2) is 0 Å². The highest BCUT2D eigenvalue weighted by Gasteiger charge is 2.39. The average molecular weight is 307 g/mol. The van der Waals surface area contributed by atoms with Crippen molar-refractivity contribution in [1.29, 1.82) is 0 Å². The Kier molecular flexibility index (Phi) is 5.61. The third-order valence-corrected chi connectivity index (χ3v) is 2.46. The highest BCUT2D eigenvalue weighted by atomic mass is 19.4. The van der Waals surface area contributed by atoms with E-state index >= 15 is 0 Å². The van der Waals surface area contributed by atoms with Crippen molar-refractivity contribution in [2.45, 2.75) is 12.2 Å². The lowest BCUT2D eigenvalue weighted by Gasteiger charge is -2.18. The molecule has 0 aromatic heterocycles. The fourth-order valence-corrected chi connectivity index (χ4v) is 1.43. The van der Waals surface area contributed by atoms with Crippen LogP contribution in [-0.2, 0) is 4.79 Å². The Morgan fingerprint density at radius 2 is 2.00 bits per heavy atom. The van der Waals surface area contributed by atoms with Gasteiger partial charge in [-0.15, -0.1) is 0 Å². The molecule has 1 aromatic rings. The molecular weight excluding hydrogens is 295 g/mol. The number of nitrogens with zero attached hydrogens (tertiary/aromatic N) is 1. The van der Waals surface area contributed by atoms with E-state index in [1.165, 1.54) is 18.2 Å². The number of hydrogen-bond donors (Lipinski definition) is 3. The zero-order valence-electron chi connectivity index (χ0n) is 10.6. The molecule has 0 heterocycles. The number of aliphatic hydroxyl groups excluding tert-OH is 1. The van der Waals surface area contributed by atoms with E-state index in [4.69, 9.17) is 5.11 Å². The first-order valence-electron chi connectivity index (χ1n) is 5.70. The Labute approximate surface area is 116 Å².